The van der Waals surface area contributed by atoms with Crippen LogP contribution >= 0.6 is 12.4 Å². The van der Waals surface area contributed by atoms with Crippen LogP contribution in [-0.4, -0.2) is 23.8 Å². The SMILES string of the molecule is CC(C)C[C@H](N)C(=O)Nc1cccc(N2C(=O)c3ccccc3C2=O)c1.Cl. The lowest BCUT2D eigenvalue weighted by molar-refractivity contribution is -0.117. The lowest BCUT2D eigenvalue weighted by Crippen LogP contribution is -2.36. The Bertz CT molecular complexity index is 847. The van der Waals surface area contributed by atoms with Gasteiger partial charge in [0.15, 0.2) is 0 Å². The van der Waals surface area contributed by atoms with Crippen molar-refractivity contribution in [1.29, 1.82) is 0 Å². The summed E-state index contributed by atoms with van der Waals surface area (Å²) in [6, 6.07) is 12.7. The van der Waals surface area contributed by atoms with Crippen molar-refractivity contribution in [3.63, 3.8) is 0 Å². The highest BCUT2D eigenvalue weighted by Crippen LogP contribution is 2.29. The number of anilines is 2. The fraction of sp³-hybridized carbons (Fsp3) is 0.250. The van der Waals surface area contributed by atoms with Crippen molar-refractivity contribution in [2.75, 3.05) is 10.2 Å². The predicted molar refractivity (Wildman–Crippen MR) is 107 cm³/mol. The lowest BCUT2D eigenvalue weighted by Gasteiger charge is -2.17. The van der Waals surface area contributed by atoms with Crippen LogP contribution in [-0.2, 0) is 4.79 Å². The van der Waals surface area contributed by atoms with E-state index in [0.717, 1.165) is 4.90 Å². The van der Waals surface area contributed by atoms with E-state index >= 15 is 0 Å². The molecule has 0 saturated carbocycles. The molecule has 2 aromatic rings. The molecule has 3 N–H and O–H groups in total. The van der Waals surface area contributed by atoms with Crippen molar-refractivity contribution in [3.8, 4) is 0 Å². The summed E-state index contributed by atoms with van der Waals surface area (Å²) in [4.78, 5) is 38.5. The van der Waals surface area contributed by atoms with Crippen LogP contribution in [0.1, 0.15) is 41.0 Å². The number of carbonyl (C=O) groups excluding carboxylic acids is 3. The van der Waals surface area contributed by atoms with Crippen LogP contribution in [0.2, 0.25) is 0 Å². The zero-order chi connectivity index (χ0) is 18.8. The highest BCUT2D eigenvalue weighted by molar-refractivity contribution is 6.34. The topological polar surface area (TPSA) is 92.5 Å². The van der Waals surface area contributed by atoms with Gasteiger partial charge < -0.3 is 11.1 Å². The van der Waals surface area contributed by atoms with Gasteiger partial charge in [-0.15, -0.1) is 12.4 Å². The summed E-state index contributed by atoms with van der Waals surface area (Å²) in [6.45, 7) is 3.99. The molecule has 0 saturated heterocycles. The van der Waals surface area contributed by atoms with Gasteiger partial charge >= 0.3 is 0 Å². The van der Waals surface area contributed by atoms with Crippen LogP contribution in [0, 0.1) is 5.92 Å². The number of amides is 3. The molecule has 2 aromatic carbocycles. The van der Waals surface area contributed by atoms with Gasteiger partial charge in [-0.3, -0.25) is 14.4 Å². The molecule has 0 aliphatic carbocycles. The van der Waals surface area contributed by atoms with E-state index in [1.165, 1.54) is 0 Å². The molecule has 0 spiro atoms. The normalized spacial score (nSPS) is 14.0. The molecule has 0 bridgehead atoms. The van der Waals surface area contributed by atoms with Crippen LogP contribution in [0.4, 0.5) is 11.4 Å². The first-order valence-electron chi connectivity index (χ1n) is 8.53. The highest BCUT2D eigenvalue weighted by Gasteiger charge is 2.36. The molecule has 0 aromatic heterocycles. The Balaban J connectivity index is 0.00000261. The van der Waals surface area contributed by atoms with E-state index < -0.39 is 6.04 Å². The van der Waals surface area contributed by atoms with E-state index in [-0.39, 0.29) is 30.1 Å². The number of hydrogen-bond donors (Lipinski definition) is 2. The lowest BCUT2D eigenvalue weighted by atomic mass is 10.0. The van der Waals surface area contributed by atoms with Crippen LogP contribution in [0.25, 0.3) is 0 Å². The molecular formula is C20H22ClN3O3. The first kappa shape index (κ1) is 20.6. The number of nitrogens with one attached hydrogen (secondary N) is 1. The number of imide groups is 1. The molecule has 7 heteroatoms. The fourth-order valence-corrected chi connectivity index (χ4v) is 3.00. The summed E-state index contributed by atoms with van der Waals surface area (Å²) in [6.07, 6.45) is 0.573. The maximum absolute atomic E-state index is 12.6. The van der Waals surface area contributed by atoms with Crippen LogP contribution < -0.4 is 16.0 Å². The molecule has 1 aliphatic rings. The van der Waals surface area contributed by atoms with Crippen molar-refractivity contribution in [2.24, 2.45) is 11.7 Å². The summed E-state index contributed by atoms with van der Waals surface area (Å²) in [5.74, 6) is -0.727. The second-order valence-corrected chi connectivity index (χ2v) is 6.77. The first-order chi connectivity index (χ1) is 12.4. The monoisotopic (exact) mass is 387 g/mol. The molecule has 27 heavy (non-hydrogen) atoms. The van der Waals surface area contributed by atoms with E-state index in [4.69, 9.17) is 5.73 Å². The largest absolute Gasteiger partial charge is 0.325 e. The molecule has 1 aliphatic heterocycles. The van der Waals surface area contributed by atoms with Gasteiger partial charge in [0.2, 0.25) is 5.91 Å². The minimum absolute atomic E-state index is 0. The summed E-state index contributed by atoms with van der Waals surface area (Å²) >= 11 is 0. The van der Waals surface area contributed by atoms with Gasteiger partial charge in [-0.1, -0.05) is 32.0 Å². The molecule has 1 heterocycles. The van der Waals surface area contributed by atoms with E-state index in [9.17, 15) is 14.4 Å². The summed E-state index contributed by atoms with van der Waals surface area (Å²) in [5.41, 5.74) is 7.56. The molecule has 0 unspecified atom stereocenters. The van der Waals surface area contributed by atoms with Gasteiger partial charge in [-0.25, -0.2) is 4.90 Å². The minimum atomic E-state index is -0.613. The van der Waals surface area contributed by atoms with Crippen molar-refractivity contribution in [3.05, 3.63) is 59.7 Å². The van der Waals surface area contributed by atoms with Crippen LogP contribution in [0.5, 0.6) is 0 Å². The smallest absolute Gasteiger partial charge is 0.266 e. The predicted octanol–water partition coefficient (Wildman–Crippen LogP) is 3.22. The second kappa shape index (κ2) is 8.33. The third-order valence-corrected chi connectivity index (χ3v) is 4.23. The zero-order valence-corrected chi connectivity index (χ0v) is 16.0. The molecule has 1 atom stereocenters. The number of hydrogen-bond acceptors (Lipinski definition) is 4. The third-order valence-electron chi connectivity index (χ3n) is 4.23. The van der Waals surface area contributed by atoms with Gasteiger partial charge in [-0.2, -0.15) is 0 Å². The Labute approximate surface area is 164 Å². The van der Waals surface area contributed by atoms with Crippen molar-refractivity contribution in [2.45, 2.75) is 26.3 Å². The summed E-state index contributed by atoms with van der Waals surface area (Å²) in [5, 5.41) is 2.75. The molecular weight excluding hydrogens is 366 g/mol. The number of nitrogens with two attached hydrogens (primary N) is 1. The molecule has 6 nitrogen and oxygen atoms in total. The average molecular weight is 388 g/mol. The van der Waals surface area contributed by atoms with Gasteiger partial charge in [0.25, 0.3) is 11.8 Å². The standard InChI is InChI=1S/C20H21N3O3.ClH/c1-12(2)10-17(21)18(24)22-13-6-5-7-14(11-13)23-19(25)15-8-3-4-9-16(15)20(23)26;/h3-9,11-12,17H,10,21H2,1-2H3,(H,22,24);1H/t17-;/m0./s1. The van der Waals surface area contributed by atoms with Crippen molar-refractivity contribution >= 4 is 41.5 Å². The Hall–Kier alpha value is -2.70. The number of fused-ring (bicyclic) bond motifs is 1. The minimum Gasteiger partial charge on any atom is -0.325 e. The van der Waals surface area contributed by atoms with E-state index in [1.807, 2.05) is 13.8 Å². The van der Waals surface area contributed by atoms with Crippen LogP contribution in [0.3, 0.4) is 0 Å². The zero-order valence-electron chi connectivity index (χ0n) is 15.1. The Morgan fingerprint density at radius 1 is 1.04 bits per heavy atom. The van der Waals surface area contributed by atoms with E-state index in [1.54, 1.807) is 48.5 Å². The number of nitrogens with zero attached hydrogens (tertiary/aromatic N) is 1. The molecule has 0 fully saturated rings. The molecule has 3 rings (SSSR count). The van der Waals surface area contributed by atoms with Gasteiger partial charge in [0.05, 0.1) is 22.9 Å². The van der Waals surface area contributed by atoms with Crippen LogP contribution in [0.15, 0.2) is 48.5 Å². The number of halogens is 1. The van der Waals surface area contributed by atoms with Crippen molar-refractivity contribution in [1.82, 2.24) is 0 Å². The van der Waals surface area contributed by atoms with Gasteiger partial charge in [-0.05, 0) is 42.7 Å². The maximum atomic E-state index is 12.6. The van der Waals surface area contributed by atoms with Gasteiger partial charge in [0, 0.05) is 5.69 Å². The van der Waals surface area contributed by atoms with E-state index in [2.05, 4.69) is 5.32 Å². The van der Waals surface area contributed by atoms with Gasteiger partial charge in [0.1, 0.15) is 0 Å². The first-order valence-corrected chi connectivity index (χ1v) is 8.53. The Morgan fingerprint density at radius 3 is 2.19 bits per heavy atom. The average Bonchev–Trinajstić information content (AvgIpc) is 2.86. The summed E-state index contributed by atoms with van der Waals surface area (Å²) in [7, 11) is 0. The second-order valence-electron chi connectivity index (χ2n) is 6.77. The highest BCUT2D eigenvalue weighted by atomic mass is 35.5. The number of benzene rings is 2. The fourth-order valence-electron chi connectivity index (χ4n) is 3.00. The quantitative estimate of drug-likeness (QED) is 0.770. The number of rotatable bonds is 5. The third kappa shape index (κ3) is 4.18. The molecule has 3 amide bonds. The van der Waals surface area contributed by atoms with Crippen molar-refractivity contribution < 1.29 is 14.4 Å². The maximum Gasteiger partial charge on any atom is 0.266 e. The van der Waals surface area contributed by atoms with E-state index in [0.29, 0.717) is 34.8 Å². The Morgan fingerprint density at radius 2 is 1.63 bits per heavy atom. The summed E-state index contributed by atoms with van der Waals surface area (Å²) < 4.78 is 0. The Kier molecular flexibility index (Phi) is 6.36. The molecule has 142 valence electrons. The number of carbonyl (C=O) groups is 3. The molecule has 0 radical (unpaired) electrons.